The molecular weight excluding hydrogens is 201 g/mol. The Bertz CT molecular complexity index is 410. The minimum Gasteiger partial charge on any atom is -0.266 e. The summed E-state index contributed by atoms with van der Waals surface area (Å²) < 4.78 is 13.0. The number of aliphatic imine (C=N–C) groups is 1. The van der Waals surface area contributed by atoms with Gasteiger partial charge < -0.3 is 0 Å². The average molecular weight is 212 g/mol. The highest BCUT2D eigenvalue weighted by molar-refractivity contribution is 6.69. The summed E-state index contributed by atoms with van der Waals surface area (Å²) >= 11 is 6.01. The van der Waals surface area contributed by atoms with Gasteiger partial charge in [0.1, 0.15) is 11.0 Å². The van der Waals surface area contributed by atoms with Gasteiger partial charge >= 0.3 is 0 Å². The van der Waals surface area contributed by atoms with Crippen molar-refractivity contribution in [2.75, 3.05) is 0 Å². The normalized spacial score (nSPS) is 18.7. The highest BCUT2D eigenvalue weighted by Gasteiger charge is 2.25. The van der Waals surface area contributed by atoms with E-state index in [-0.39, 0.29) is 11.4 Å². The molecule has 0 saturated carbocycles. The van der Waals surface area contributed by atoms with Gasteiger partial charge in [0.2, 0.25) is 0 Å². The first-order chi connectivity index (χ1) is 6.48. The van der Waals surface area contributed by atoms with Crippen molar-refractivity contribution in [3.05, 3.63) is 35.1 Å². The fraction of sp³-hybridized carbons (Fsp3) is 0.364. The predicted molar refractivity (Wildman–Crippen MR) is 56.6 cm³/mol. The van der Waals surface area contributed by atoms with E-state index in [0.29, 0.717) is 5.17 Å². The van der Waals surface area contributed by atoms with Crippen molar-refractivity contribution in [2.45, 2.75) is 25.8 Å². The van der Waals surface area contributed by atoms with Gasteiger partial charge in [-0.05, 0) is 44.0 Å². The Morgan fingerprint density at radius 3 is 2.86 bits per heavy atom. The van der Waals surface area contributed by atoms with Crippen LogP contribution in [0.2, 0.25) is 0 Å². The summed E-state index contributed by atoms with van der Waals surface area (Å²) in [6.07, 6.45) is 0.732. The van der Waals surface area contributed by atoms with E-state index in [0.717, 1.165) is 17.5 Å². The van der Waals surface area contributed by atoms with Crippen LogP contribution in [0.5, 0.6) is 0 Å². The first-order valence-corrected chi connectivity index (χ1v) is 4.90. The lowest BCUT2D eigenvalue weighted by atomic mass is 9.90. The molecule has 0 aliphatic carbocycles. The second-order valence-electron chi connectivity index (χ2n) is 4.19. The summed E-state index contributed by atoms with van der Waals surface area (Å²) in [4.78, 5) is 4.35. The Morgan fingerprint density at radius 2 is 2.14 bits per heavy atom. The minimum absolute atomic E-state index is 0.217. The van der Waals surface area contributed by atoms with Crippen LogP contribution in [0.1, 0.15) is 25.0 Å². The van der Waals surface area contributed by atoms with Crippen LogP contribution >= 0.6 is 11.6 Å². The van der Waals surface area contributed by atoms with Crippen LogP contribution in [0.3, 0.4) is 0 Å². The van der Waals surface area contributed by atoms with Crippen LogP contribution in [0.15, 0.2) is 23.2 Å². The molecule has 1 aromatic rings. The Labute approximate surface area is 87.6 Å². The molecule has 0 bridgehead atoms. The van der Waals surface area contributed by atoms with Crippen LogP contribution in [-0.4, -0.2) is 10.7 Å². The molecule has 0 radical (unpaired) electrons. The Balaban J connectivity index is 2.56. The summed E-state index contributed by atoms with van der Waals surface area (Å²) in [6, 6.07) is 4.63. The van der Waals surface area contributed by atoms with Gasteiger partial charge in [0.15, 0.2) is 0 Å². The van der Waals surface area contributed by atoms with Crippen molar-refractivity contribution in [3.8, 4) is 0 Å². The number of hydrogen-bond donors (Lipinski definition) is 0. The van der Waals surface area contributed by atoms with Gasteiger partial charge in [0.05, 0.1) is 5.54 Å². The summed E-state index contributed by atoms with van der Waals surface area (Å²) in [5.74, 6) is -0.217. The molecule has 3 heteroatoms. The van der Waals surface area contributed by atoms with E-state index in [1.165, 1.54) is 12.1 Å². The largest absolute Gasteiger partial charge is 0.266 e. The van der Waals surface area contributed by atoms with Gasteiger partial charge in [-0.15, -0.1) is 0 Å². The van der Waals surface area contributed by atoms with Gasteiger partial charge in [-0.3, -0.25) is 4.99 Å². The number of halogens is 2. The number of benzene rings is 1. The molecule has 1 aromatic carbocycles. The Kier molecular flexibility index (Phi) is 2.11. The second kappa shape index (κ2) is 3.06. The van der Waals surface area contributed by atoms with Gasteiger partial charge in [0.25, 0.3) is 0 Å². The van der Waals surface area contributed by atoms with Crippen LogP contribution < -0.4 is 0 Å². The quantitative estimate of drug-likeness (QED) is 0.625. The summed E-state index contributed by atoms with van der Waals surface area (Å²) in [7, 11) is 0. The maximum absolute atomic E-state index is 13.0. The molecule has 0 saturated heterocycles. The summed E-state index contributed by atoms with van der Waals surface area (Å²) in [6.45, 7) is 3.98. The van der Waals surface area contributed by atoms with E-state index in [2.05, 4.69) is 4.99 Å². The second-order valence-corrected chi connectivity index (χ2v) is 4.55. The minimum atomic E-state index is -0.224. The number of fused-ring (bicyclic) bond motifs is 1. The SMILES string of the molecule is CC1(C)Cc2cc(F)ccc2C(Cl)=N1. The van der Waals surface area contributed by atoms with Crippen molar-refractivity contribution in [1.82, 2.24) is 0 Å². The zero-order valence-electron chi connectivity index (χ0n) is 8.14. The first kappa shape index (κ1) is 9.66. The third kappa shape index (κ3) is 1.67. The molecule has 0 aromatic heterocycles. The number of hydrogen-bond acceptors (Lipinski definition) is 1. The molecule has 1 heterocycles. The molecule has 74 valence electrons. The number of rotatable bonds is 0. The van der Waals surface area contributed by atoms with Crippen molar-refractivity contribution < 1.29 is 4.39 Å². The molecule has 1 aliphatic heterocycles. The average Bonchev–Trinajstić information content (AvgIpc) is 2.00. The molecule has 2 rings (SSSR count). The Hall–Kier alpha value is -0.890. The fourth-order valence-corrected chi connectivity index (χ4v) is 2.15. The summed E-state index contributed by atoms with van der Waals surface area (Å²) in [5, 5.41) is 0.483. The van der Waals surface area contributed by atoms with E-state index in [1.807, 2.05) is 13.8 Å². The Morgan fingerprint density at radius 1 is 1.43 bits per heavy atom. The zero-order valence-corrected chi connectivity index (χ0v) is 8.90. The highest BCUT2D eigenvalue weighted by atomic mass is 35.5. The smallest absolute Gasteiger partial charge is 0.131 e. The molecule has 1 aliphatic rings. The standard InChI is InChI=1S/C11H11ClFN/c1-11(2)6-7-5-8(13)3-4-9(7)10(12)14-11/h3-5H,6H2,1-2H3. The predicted octanol–water partition coefficient (Wildman–Crippen LogP) is 3.15. The molecule has 0 atom stereocenters. The van der Waals surface area contributed by atoms with Crippen molar-refractivity contribution >= 4 is 16.8 Å². The monoisotopic (exact) mass is 211 g/mol. The van der Waals surface area contributed by atoms with Crippen molar-refractivity contribution in [1.29, 1.82) is 0 Å². The fourth-order valence-electron chi connectivity index (χ4n) is 1.74. The molecule has 0 amide bonds. The molecule has 14 heavy (non-hydrogen) atoms. The van der Waals surface area contributed by atoms with Crippen LogP contribution in [-0.2, 0) is 6.42 Å². The van der Waals surface area contributed by atoms with Crippen LogP contribution in [0.4, 0.5) is 4.39 Å². The van der Waals surface area contributed by atoms with E-state index in [1.54, 1.807) is 6.07 Å². The maximum atomic E-state index is 13.0. The molecular formula is C11H11ClFN. The van der Waals surface area contributed by atoms with Crippen LogP contribution in [0, 0.1) is 5.82 Å². The van der Waals surface area contributed by atoms with E-state index in [9.17, 15) is 4.39 Å². The topological polar surface area (TPSA) is 12.4 Å². The van der Waals surface area contributed by atoms with E-state index >= 15 is 0 Å². The summed E-state index contributed by atoms with van der Waals surface area (Å²) in [5.41, 5.74) is 1.57. The third-order valence-corrected chi connectivity index (χ3v) is 2.60. The molecule has 0 N–H and O–H groups in total. The molecule has 1 nitrogen and oxygen atoms in total. The highest BCUT2D eigenvalue weighted by Crippen LogP contribution is 2.28. The third-order valence-electron chi connectivity index (χ3n) is 2.31. The van der Waals surface area contributed by atoms with Gasteiger partial charge in [-0.2, -0.15) is 0 Å². The lowest BCUT2D eigenvalue weighted by Gasteiger charge is -2.26. The lowest BCUT2D eigenvalue weighted by Crippen LogP contribution is -2.27. The molecule has 0 fully saturated rings. The molecule has 0 unspecified atom stereocenters. The molecule has 0 spiro atoms. The van der Waals surface area contributed by atoms with E-state index in [4.69, 9.17) is 11.6 Å². The van der Waals surface area contributed by atoms with Crippen molar-refractivity contribution in [3.63, 3.8) is 0 Å². The van der Waals surface area contributed by atoms with Gasteiger partial charge in [-0.25, -0.2) is 4.39 Å². The lowest BCUT2D eigenvalue weighted by molar-refractivity contribution is 0.512. The van der Waals surface area contributed by atoms with Crippen molar-refractivity contribution in [2.24, 2.45) is 4.99 Å². The first-order valence-electron chi connectivity index (χ1n) is 4.52. The zero-order chi connectivity index (χ0) is 10.3. The van der Waals surface area contributed by atoms with Gasteiger partial charge in [0, 0.05) is 5.56 Å². The van der Waals surface area contributed by atoms with Gasteiger partial charge in [-0.1, -0.05) is 11.6 Å². The maximum Gasteiger partial charge on any atom is 0.131 e. The van der Waals surface area contributed by atoms with Crippen LogP contribution in [0.25, 0.3) is 0 Å². The van der Waals surface area contributed by atoms with E-state index < -0.39 is 0 Å². The number of nitrogens with zero attached hydrogens (tertiary/aromatic N) is 1.